The molecular formula is C17H13BrN4O2S. The van der Waals surface area contributed by atoms with Crippen molar-refractivity contribution < 1.29 is 4.79 Å². The van der Waals surface area contributed by atoms with Crippen molar-refractivity contribution in [2.75, 3.05) is 7.05 Å². The van der Waals surface area contributed by atoms with E-state index in [1.807, 2.05) is 23.6 Å². The Balaban J connectivity index is 1.76. The average molecular weight is 417 g/mol. The number of rotatable bonds is 3. The van der Waals surface area contributed by atoms with Gasteiger partial charge in [0.1, 0.15) is 11.2 Å². The van der Waals surface area contributed by atoms with E-state index in [-0.39, 0.29) is 11.5 Å². The lowest BCUT2D eigenvalue weighted by Crippen LogP contribution is -2.26. The molecule has 0 radical (unpaired) electrons. The third-order valence-electron chi connectivity index (χ3n) is 3.97. The van der Waals surface area contributed by atoms with E-state index >= 15 is 0 Å². The number of carbonyl (C=O) groups is 1. The Kier molecular flexibility index (Phi) is 3.93. The van der Waals surface area contributed by atoms with Crippen LogP contribution < -0.4 is 5.56 Å². The molecule has 1 aromatic carbocycles. The number of hydrogen-bond acceptors (Lipinski definition) is 4. The first kappa shape index (κ1) is 16.0. The van der Waals surface area contributed by atoms with E-state index < -0.39 is 0 Å². The Morgan fingerprint density at radius 2 is 2.20 bits per heavy atom. The molecule has 25 heavy (non-hydrogen) atoms. The highest BCUT2D eigenvalue weighted by atomic mass is 79.9. The zero-order chi connectivity index (χ0) is 17.6. The Morgan fingerprint density at radius 3 is 2.96 bits per heavy atom. The van der Waals surface area contributed by atoms with Crippen LogP contribution in [0.1, 0.15) is 15.2 Å². The lowest BCUT2D eigenvalue weighted by atomic mass is 10.2. The van der Waals surface area contributed by atoms with Crippen LogP contribution in [0.5, 0.6) is 0 Å². The number of nitrogens with zero attached hydrogens (tertiary/aromatic N) is 3. The summed E-state index contributed by atoms with van der Waals surface area (Å²) in [4.78, 5) is 30.6. The van der Waals surface area contributed by atoms with Gasteiger partial charge in [-0.05, 0) is 34.1 Å². The zero-order valence-corrected chi connectivity index (χ0v) is 15.6. The van der Waals surface area contributed by atoms with Crippen molar-refractivity contribution in [3.8, 4) is 0 Å². The van der Waals surface area contributed by atoms with Gasteiger partial charge >= 0.3 is 0 Å². The minimum absolute atomic E-state index is 0.189. The van der Waals surface area contributed by atoms with E-state index in [1.54, 1.807) is 39.9 Å². The first-order valence-corrected chi connectivity index (χ1v) is 9.19. The summed E-state index contributed by atoms with van der Waals surface area (Å²) in [6, 6.07) is 9.17. The molecule has 8 heteroatoms. The molecule has 0 aliphatic carbocycles. The van der Waals surface area contributed by atoms with Crippen molar-refractivity contribution in [2.24, 2.45) is 0 Å². The number of aromatic amines is 1. The average Bonchev–Trinajstić information content (AvgIpc) is 3.20. The van der Waals surface area contributed by atoms with E-state index in [1.165, 1.54) is 6.20 Å². The van der Waals surface area contributed by atoms with Gasteiger partial charge in [0.05, 0.1) is 23.6 Å². The Bertz CT molecular complexity index is 1160. The topological polar surface area (TPSA) is 70.5 Å². The standard InChI is InChI=1S/C17H13BrN4O2S/c1-21(8-11-6-10(18)9-25-11)17(24)13-7-19-22-14-5-3-2-4-12(14)16(23)20-15(13)22/h2-7,9H,8H2,1H3,(H,20,23). The number of para-hydroxylation sites is 1. The van der Waals surface area contributed by atoms with Crippen LogP contribution in [-0.2, 0) is 6.54 Å². The molecule has 3 heterocycles. The second-order valence-electron chi connectivity index (χ2n) is 5.68. The van der Waals surface area contributed by atoms with Crippen molar-refractivity contribution in [1.29, 1.82) is 0 Å². The Morgan fingerprint density at radius 1 is 1.40 bits per heavy atom. The summed E-state index contributed by atoms with van der Waals surface area (Å²) in [5.74, 6) is -0.189. The fourth-order valence-corrected chi connectivity index (χ4v) is 4.28. The SMILES string of the molecule is CN(Cc1cc(Br)cs1)C(=O)c1cnn2c1[nH]c(=O)c1ccccc12. The van der Waals surface area contributed by atoms with Crippen LogP contribution >= 0.6 is 27.3 Å². The smallest absolute Gasteiger partial charge is 0.259 e. The monoisotopic (exact) mass is 416 g/mol. The van der Waals surface area contributed by atoms with Crippen LogP contribution in [0.3, 0.4) is 0 Å². The molecule has 0 aliphatic heterocycles. The lowest BCUT2D eigenvalue weighted by Gasteiger charge is -2.15. The second-order valence-corrected chi connectivity index (χ2v) is 7.59. The number of carbonyl (C=O) groups excluding carboxylic acids is 1. The maximum atomic E-state index is 12.8. The van der Waals surface area contributed by atoms with E-state index in [2.05, 4.69) is 26.0 Å². The number of aromatic nitrogens is 3. The van der Waals surface area contributed by atoms with E-state index in [4.69, 9.17) is 0 Å². The van der Waals surface area contributed by atoms with Gasteiger partial charge in [-0.1, -0.05) is 12.1 Å². The van der Waals surface area contributed by atoms with Crippen molar-refractivity contribution in [1.82, 2.24) is 19.5 Å². The maximum absolute atomic E-state index is 12.8. The molecule has 3 aromatic heterocycles. The van der Waals surface area contributed by atoms with Gasteiger partial charge in [0.25, 0.3) is 11.5 Å². The van der Waals surface area contributed by atoms with Crippen LogP contribution in [0.25, 0.3) is 16.6 Å². The van der Waals surface area contributed by atoms with Crippen LogP contribution in [0.15, 0.2) is 51.2 Å². The number of halogens is 1. The highest BCUT2D eigenvalue weighted by Gasteiger charge is 2.19. The number of amides is 1. The molecular weight excluding hydrogens is 404 g/mol. The van der Waals surface area contributed by atoms with Gasteiger partial charge in [-0.15, -0.1) is 11.3 Å². The summed E-state index contributed by atoms with van der Waals surface area (Å²) >= 11 is 5.00. The minimum atomic E-state index is -0.234. The number of thiophene rings is 1. The van der Waals surface area contributed by atoms with Crippen LogP contribution in [-0.4, -0.2) is 32.5 Å². The first-order chi connectivity index (χ1) is 12.0. The van der Waals surface area contributed by atoms with Gasteiger partial charge < -0.3 is 9.88 Å². The second kappa shape index (κ2) is 6.12. The van der Waals surface area contributed by atoms with Gasteiger partial charge in [0, 0.05) is 21.8 Å². The summed E-state index contributed by atoms with van der Waals surface area (Å²) < 4.78 is 2.60. The predicted octanol–water partition coefficient (Wildman–Crippen LogP) is 3.27. The van der Waals surface area contributed by atoms with Gasteiger partial charge in [-0.25, -0.2) is 4.52 Å². The third-order valence-corrected chi connectivity index (χ3v) is 5.65. The zero-order valence-electron chi connectivity index (χ0n) is 13.2. The molecule has 0 aliphatic rings. The number of fused-ring (bicyclic) bond motifs is 3. The minimum Gasteiger partial charge on any atom is -0.336 e. The molecule has 0 bridgehead atoms. The van der Waals surface area contributed by atoms with Crippen LogP contribution in [0, 0.1) is 0 Å². The molecule has 0 spiro atoms. The molecule has 0 saturated heterocycles. The molecule has 0 atom stereocenters. The highest BCUT2D eigenvalue weighted by molar-refractivity contribution is 9.10. The number of H-pyrrole nitrogens is 1. The van der Waals surface area contributed by atoms with E-state index in [0.29, 0.717) is 28.7 Å². The molecule has 0 fully saturated rings. The summed E-state index contributed by atoms with van der Waals surface area (Å²) in [5.41, 5.74) is 1.22. The molecule has 4 rings (SSSR count). The Labute approximate surface area is 154 Å². The van der Waals surface area contributed by atoms with Crippen molar-refractivity contribution >= 4 is 49.7 Å². The lowest BCUT2D eigenvalue weighted by molar-refractivity contribution is 0.0788. The summed E-state index contributed by atoms with van der Waals surface area (Å²) in [6.07, 6.45) is 1.50. The largest absolute Gasteiger partial charge is 0.336 e. The molecule has 0 unspecified atom stereocenters. The number of benzene rings is 1. The summed E-state index contributed by atoms with van der Waals surface area (Å²) in [6.45, 7) is 0.490. The highest BCUT2D eigenvalue weighted by Crippen LogP contribution is 2.22. The van der Waals surface area contributed by atoms with Gasteiger partial charge in [-0.2, -0.15) is 5.10 Å². The fourth-order valence-electron chi connectivity index (χ4n) is 2.78. The number of hydrogen-bond donors (Lipinski definition) is 1. The number of nitrogens with one attached hydrogen (secondary N) is 1. The fraction of sp³-hybridized carbons (Fsp3) is 0.118. The summed E-state index contributed by atoms with van der Waals surface area (Å²) in [7, 11) is 1.73. The molecule has 126 valence electrons. The van der Waals surface area contributed by atoms with Crippen LogP contribution in [0.4, 0.5) is 0 Å². The van der Waals surface area contributed by atoms with Crippen molar-refractivity contribution in [2.45, 2.75) is 6.54 Å². The Hall–Kier alpha value is -2.45. The van der Waals surface area contributed by atoms with Gasteiger partial charge in [0.15, 0.2) is 0 Å². The third kappa shape index (κ3) is 2.77. The maximum Gasteiger partial charge on any atom is 0.259 e. The van der Waals surface area contributed by atoms with Crippen molar-refractivity contribution in [3.63, 3.8) is 0 Å². The first-order valence-electron chi connectivity index (χ1n) is 7.52. The van der Waals surface area contributed by atoms with Crippen molar-refractivity contribution in [3.05, 3.63) is 67.2 Å². The van der Waals surface area contributed by atoms with Crippen LogP contribution in [0.2, 0.25) is 0 Å². The van der Waals surface area contributed by atoms with E-state index in [0.717, 1.165) is 9.35 Å². The quantitative estimate of drug-likeness (QED) is 0.556. The normalized spacial score (nSPS) is 11.3. The molecule has 0 saturated carbocycles. The molecule has 1 N–H and O–H groups in total. The molecule has 1 amide bonds. The van der Waals surface area contributed by atoms with E-state index in [9.17, 15) is 9.59 Å². The van der Waals surface area contributed by atoms with Gasteiger partial charge in [0.2, 0.25) is 0 Å². The summed E-state index contributed by atoms with van der Waals surface area (Å²) in [5, 5.41) is 6.81. The molecule has 6 nitrogen and oxygen atoms in total. The molecule has 4 aromatic rings. The predicted molar refractivity (Wildman–Crippen MR) is 101 cm³/mol. The van der Waals surface area contributed by atoms with Gasteiger partial charge in [-0.3, -0.25) is 9.59 Å².